The van der Waals surface area contributed by atoms with E-state index in [1.807, 2.05) is 0 Å². The third-order valence-corrected chi connectivity index (χ3v) is 4.44. The summed E-state index contributed by atoms with van der Waals surface area (Å²) in [4.78, 5) is 0. The summed E-state index contributed by atoms with van der Waals surface area (Å²) in [6, 6.07) is 0. The number of fused-ring (bicyclic) bond motifs is 1. The molecule has 0 saturated heterocycles. The van der Waals surface area contributed by atoms with Crippen LogP contribution in [0, 0.1) is 17.3 Å². The third-order valence-electron chi connectivity index (χ3n) is 4.44. The highest BCUT2D eigenvalue weighted by molar-refractivity contribution is 5.22. The highest BCUT2D eigenvalue weighted by Gasteiger charge is 2.59. The molecule has 0 aromatic carbocycles. The molecule has 16 heavy (non-hydrogen) atoms. The third kappa shape index (κ3) is 2.10. The number of aliphatic hydroxyl groups excluding tert-OH is 1. The van der Waals surface area contributed by atoms with Crippen molar-refractivity contribution in [1.82, 2.24) is 0 Å². The molecule has 1 heteroatoms. The van der Waals surface area contributed by atoms with Gasteiger partial charge in [-0.1, -0.05) is 37.1 Å². The van der Waals surface area contributed by atoms with Crippen molar-refractivity contribution in [3.05, 3.63) is 23.3 Å². The molecule has 2 aliphatic carbocycles. The molecule has 0 amide bonds. The van der Waals surface area contributed by atoms with E-state index in [0.717, 1.165) is 12.8 Å². The van der Waals surface area contributed by atoms with Crippen molar-refractivity contribution in [3.8, 4) is 0 Å². The molecule has 1 nitrogen and oxygen atoms in total. The molecule has 2 unspecified atom stereocenters. The molecule has 0 aliphatic heterocycles. The van der Waals surface area contributed by atoms with E-state index in [2.05, 4.69) is 39.8 Å². The van der Waals surface area contributed by atoms with Crippen LogP contribution < -0.4 is 0 Å². The molecule has 0 aromatic heterocycles. The highest BCUT2D eigenvalue weighted by Crippen LogP contribution is 2.61. The molecule has 1 N–H and O–H groups in total. The quantitative estimate of drug-likeness (QED) is 0.617. The summed E-state index contributed by atoms with van der Waals surface area (Å²) >= 11 is 0. The molecule has 0 spiro atoms. The second-order valence-corrected chi connectivity index (χ2v) is 6.25. The second kappa shape index (κ2) is 4.03. The first-order valence-electron chi connectivity index (χ1n) is 6.44. The average Bonchev–Trinajstić information content (AvgIpc) is 2.67. The van der Waals surface area contributed by atoms with Crippen LogP contribution >= 0.6 is 0 Å². The molecule has 0 radical (unpaired) electrons. The van der Waals surface area contributed by atoms with Crippen LogP contribution in [0.25, 0.3) is 0 Å². The van der Waals surface area contributed by atoms with Crippen LogP contribution in [0.5, 0.6) is 0 Å². The largest absolute Gasteiger partial charge is 0.392 e. The van der Waals surface area contributed by atoms with Crippen molar-refractivity contribution in [2.24, 2.45) is 17.3 Å². The predicted molar refractivity (Wildman–Crippen MR) is 68.1 cm³/mol. The van der Waals surface area contributed by atoms with Gasteiger partial charge in [0.05, 0.1) is 6.10 Å². The standard InChI is InChI=1S/C15H24O/c1-10-6-5-7-11(2)9-13(16)14-12(8-10)15(14,3)4/h7-8,12-14,16H,5-6,9H2,1-4H3/b10-8+,11-7+/t12?,13-,14?/m0/s1. The molecule has 3 atom stereocenters. The smallest absolute Gasteiger partial charge is 0.0616 e. The molecule has 0 aromatic rings. The lowest BCUT2D eigenvalue weighted by atomic mass is 9.99. The minimum atomic E-state index is -0.154. The summed E-state index contributed by atoms with van der Waals surface area (Å²) in [6.07, 6.45) is 7.69. The Bertz CT molecular complexity index is 335. The Morgan fingerprint density at radius 3 is 2.62 bits per heavy atom. The first-order valence-corrected chi connectivity index (χ1v) is 6.44. The van der Waals surface area contributed by atoms with Crippen molar-refractivity contribution >= 4 is 0 Å². The fourth-order valence-electron chi connectivity index (χ4n) is 3.25. The van der Waals surface area contributed by atoms with E-state index in [1.54, 1.807) is 0 Å². The normalized spacial score (nSPS) is 44.7. The average molecular weight is 220 g/mol. The maximum Gasteiger partial charge on any atom is 0.0616 e. The van der Waals surface area contributed by atoms with Crippen molar-refractivity contribution in [2.45, 2.75) is 53.1 Å². The molecule has 1 fully saturated rings. The van der Waals surface area contributed by atoms with E-state index in [9.17, 15) is 5.11 Å². The Morgan fingerprint density at radius 2 is 1.94 bits per heavy atom. The number of hydrogen-bond acceptors (Lipinski definition) is 1. The Morgan fingerprint density at radius 1 is 1.25 bits per heavy atom. The van der Waals surface area contributed by atoms with Gasteiger partial charge in [-0.15, -0.1) is 0 Å². The molecule has 0 bridgehead atoms. The Labute approximate surface area is 99.3 Å². The topological polar surface area (TPSA) is 20.2 Å². The summed E-state index contributed by atoms with van der Waals surface area (Å²) in [5, 5.41) is 10.3. The Balaban J connectivity index is 2.22. The van der Waals surface area contributed by atoms with Gasteiger partial charge in [-0.25, -0.2) is 0 Å². The fourth-order valence-corrected chi connectivity index (χ4v) is 3.25. The summed E-state index contributed by atoms with van der Waals surface area (Å²) < 4.78 is 0. The van der Waals surface area contributed by atoms with Crippen molar-refractivity contribution in [3.63, 3.8) is 0 Å². The minimum absolute atomic E-state index is 0.154. The minimum Gasteiger partial charge on any atom is -0.392 e. The van der Waals surface area contributed by atoms with Crippen LogP contribution in [0.1, 0.15) is 47.0 Å². The molecule has 1 saturated carbocycles. The lowest BCUT2D eigenvalue weighted by molar-refractivity contribution is 0.135. The lowest BCUT2D eigenvalue weighted by Crippen LogP contribution is -2.14. The second-order valence-electron chi connectivity index (χ2n) is 6.25. The summed E-state index contributed by atoms with van der Waals surface area (Å²) in [6.45, 7) is 8.94. The van der Waals surface area contributed by atoms with Crippen LogP contribution in [0.4, 0.5) is 0 Å². The number of allylic oxidation sites excluding steroid dienone is 3. The van der Waals surface area contributed by atoms with E-state index < -0.39 is 0 Å². The number of aliphatic hydroxyl groups is 1. The Kier molecular flexibility index (Phi) is 3.00. The van der Waals surface area contributed by atoms with Gasteiger partial charge in [0.2, 0.25) is 0 Å². The predicted octanol–water partition coefficient (Wildman–Crippen LogP) is 3.70. The molecule has 0 heterocycles. The zero-order valence-electron chi connectivity index (χ0n) is 11.0. The van der Waals surface area contributed by atoms with Crippen molar-refractivity contribution in [2.75, 3.05) is 0 Å². The molecule has 2 rings (SSSR count). The zero-order valence-corrected chi connectivity index (χ0v) is 11.0. The van der Waals surface area contributed by atoms with Gasteiger partial charge in [0, 0.05) is 0 Å². The van der Waals surface area contributed by atoms with Gasteiger partial charge in [-0.05, 0) is 50.4 Å². The van der Waals surface area contributed by atoms with Gasteiger partial charge in [0.1, 0.15) is 0 Å². The van der Waals surface area contributed by atoms with Gasteiger partial charge in [-0.3, -0.25) is 0 Å². The van der Waals surface area contributed by atoms with E-state index in [1.165, 1.54) is 17.6 Å². The van der Waals surface area contributed by atoms with Crippen LogP contribution in [-0.4, -0.2) is 11.2 Å². The van der Waals surface area contributed by atoms with Crippen LogP contribution in [0.2, 0.25) is 0 Å². The van der Waals surface area contributed by atoms with Gasteiger partial charge in [0.25, 0.3) is 0 Å². The van der Waals surface area contributed by atoms with Gasteiger partial charge < -0.3 is 5.11 Å². The molecular weight excluding hydrogens is 196 g/mol. The first-order chi connectivity index (χ1) is 7.43. The number of rotatable bonds is 0. The van der Waals surface area contributed by atoms with Gasteiger partial charge >= 0.3 is 0 Å². The molecule has 2 aliphatic rings. The summed E-state index contributed by atoms with van der Waals surface area (Å²) in [5.74, 6) is 1.05. The number of hydrogen-bond donors (Lipinski definition) is 1. The molecular formula is C15H24O. The van der Waals surface area contributed by atoms with Crippen molar-refractivity contribution < 1.29 is 5.11 Å². The van der Waals surface area contributed by atoms with Gasteiger partial charge in [-0.2, -0.15) is 0 Å². The SMILES string of the molecule is C/C1=C\C2C([C@@H](O)C/C(C)=C/CC1)C2(C)C. The summed E-state index contributed by atoms with van der Waals surface area (Å²) in [7, 11) is 0. The maximum atomic E-state index is 10.3. The zero-order chi connectivity index (χ0) is 11.9. The Hall–Kier alpha value is -0.560. The lowest BCUT2D eigenvalue weighted by Gasteiger charge is -2.13. The maximum absolute atomic E-state index is 10.3. The van der Waals surface area contributed by atoms with E-state index in [0.29, 0.717) is 17.3 Å². The van der Waals surface area contributed by atoms with Crippen molar-refractivity contribution in [1.29, 1.82) is 0 Å². The van der Waals surface area contributed by atoms with Gasteiger partial charge in [0.15, 0.2) is 0 Å². The fraction of sp³-hybridized carbons (Fsp3) is 0.733. The molecule has 90 valence electrons. The highest BCUT2D eigenvalue weighted by atomic mass is 16.3. The summed E-state index contributed by atoms with van der Waals surface area (Å²) in [5.41, 5.74) is 3.13. The van der Waals surface area contributed by atoms with E-state index in [4.69, 9.17) is 0 Å². The van der Waals surface area contributed by atoms with Crippen LogP contribution in [-0.2, 0) is 0 Å². The van der Waals surface area contributed by atoms with E-state index in [-0.39, 0.29) is 6.10 Å². The van der Waals surface area contributed by atoms with E-state index >= 15 is 0 Å². The monoisotopic (exact) mass is 220 g/mol. The first kappa shape index (κ1) is 11.9. The van der Waals surface area contributed by atoms with Crippen LogP contribution in [0.3, 0.4) is 0 Å². The van der Waals surface area contributed by atoms with Crippen LogP contribution in [0.15, 0.2) is 23.3 Å².